The minimum Gasteiger partial charge on any atom is -0.444 e. The first-order chi connectivity index (χ1) is 11.6. The highest BCUT2D eigenvalue weighted by molar-refractivity contribution is 5.78. The van der Waals surface area contributed by atoms with E-state index in [9.17, 15) is 9.59 Å². The molecular weight excluding hydrogens is 329 g/mol. The molecule has 0 aliphatic carbocycles. The molecule has 0 saturated carbocycles. The Morgan fingerprint density at radius 2 is 2.08 bits per heavy atom. The Bertz CT molecular complexity index is 563. The van der Waals surface area contributed by atoms with Gasteiger partial charge in [-0.3, -0.25) is 4.79 Å². The van der Waals surface area contributed by atoms with Crippen LogP contribution in [0.15, 0.2) is 5.11 Å². The molecule has 8 nitrogen and oxygen atoms in total. The zero-order chi connectivity index (χ0) is 18.7. The lowest BCUT2D eigenvalue weighted by Crippen LogP contribution is -2.50. The highest BCUT2D eigenvalue weighted by Crippen LogP contribution is 2.31. The number of nitrogens with zero attached hydrogens (tertiary/aromatic N) is 5. The van der Waals surface area contributed by atoms with Gasteiger partial charge in [0.05, 0.1) is 6.54 Å². The third kappa shape index (κ3) is 5.49. The summed E-state index contributed by atoms with van der Waals surface area (Å²) in [4.78, 5) is 29.8. The number of alkyl halides is 1. The van der Waals surface area contributed by atoms with Crippen LogP contribution in [-0.2, 0) is 9.53 Å². The van der Waals surface area contributed by atoms with Gasteiger partial charge in [-0.15, -0.1) is 0 Å². The van der Waals surface area contributed by atoms with E-state index in [1.807, 2.05) is 0 Å². The number of amides is 2. The topological polar surface area (TPSA) is 98.6 Å². The van der Waals surface area contributed by atoms with Gasteiger partial charge in [0.2, 0.25) is 5.91 Å². The number of carbonyl (C=O) groups excluding carboxylic acids is 2. The van der Waals surface area contributed by atoms with E-state index in [2.05, 4.69) is 10.0 Å². The van der Waals surface area contributed by atoms with Crippen LogP contribution in [0.1, 0.15) is 40.0 Å². The van der Waals surface area contributed by atoms with Gasteiger partial charge in [0.15, 0.2) is 0 Å². The lowest BCUT2D eigenvalue weighted by Gasteiger charge is -2.38. The molecule has 2 rings (SSSR count). The maximum atomic E-state index is 15.1. The largest absolute Gasteiger partial charge is 0.444 e. The molecule has 2 fully saturated rings. The Balaban J connectivity index is 1.85. The standard InChI is InChI=1S/C16H26FN5O3/c1-15(2,3)25-14(24)21-6-4-16(17,5-7-21)11-22-10-12(8-13(22)23)9-19-20-18/h12H,4-11H2,1-3H3. The molecule has 25 heavy (non-hydrogen) atoms. The fraction of sp³-hybridized carbons (Fsp3) is 0.875. The van der Waals surface area contributed by atoms with Crippen LogP contribution >= 0.6 is 0 Å². The van der Waals surface area contributed by atoms with E-state index in [4.69, 9.17) is 10.3 Å². The number of hydrogen-bond acceptors (Lipinski definition) is 4. The Morgan fingerprint density at radius 1 is 1.44 bits per heavy atom. The van der Waals surface area contributed by atoms with E-state index >= 15 is 4.39 Å². The Hall–Kier alpha value is -2.02. The first-order valence-electron chi connectivity index (χ1n) is 8.57. The summed E-state index contributed by atoms with van der Waals surface area (Å²) in [7, 11) is 0. The van der Waals surface area contributed by atoms with Crippen LogP contribution in [0.5, 0.6) is 0 Å². The summed E-state index contributed by atoms with van der Waals surface area (Å²) in [5.74, 6) is -0.154. The predicted molar refractivity (Wildman–Crippen MR) is 89.6 cm³/mol. The quantitative estimate of drug-likeness (QED) is 0.440. The van der Waals surface area contributed by atoms with Crippen molar-refractivity contribution in [2.75, 3.05) is 32.7 Å². The van der Waals surface area contributed by atoms with Crippen molar-refractivity contribution in [3.05, 3.63) is 10.4 Å². The minimum atomic E-state index is -1.50. The predicted octanol–water partition coefficient (Wildman–Crippen LogP) is 2.88. The van der Waals surface area contributed by atoms with Crippen molar-refractivity contribution in [2.24, 2.45) is 11.0 Å². The normalized spacial score (nSPS) is 23.4. The van der Waals surface area contributed by atoms with Gasteiger partial charge in [0.1, 0.15) is 11.3 Å². The molecule has 1 atom stereocenters. The molecule has 0 aromatic heterocycles. The Kier molecular flexibility index (Phi) is 5.77. The van der Waals surface area contributed by atoms with Gasteiger partial charge < -0.3 is 14.5 Å². The second-order valence-corrected chi connectivity index (χ2v) is 7.88. The SMILES string of the molecule is CC(C)(C)OC(=O)N1CCC(F)(CN2CC(CN=[N+]=[N-])CC2=O)CC1. The molecule has 9 heteroatoms. The van der Waals surface area contributed by atoms with Gasteiger partial charge >= 0.3 is 6.09 Å². The smallest absolute Gasteiger partial charge is 0.410 e. The second kappa shape index (κ2) is 7.47. The molecule has 0 aromatic rings. The van der Waals surface area contributed by atoms with Crippen LogP contribution in [0, 0.1) is 5.92 Å². The van der Waals surface area contributed by atoms with Crippen molar-refractivity contribution in [1.82, 2.24) is 9.80 Å². The van der Waals surface area contributed by atoms with Crippen LogP contribution in [0.4, 0.5) is 9.18 Å². The molecular formula is C16H26FN5O3. The summed E-state index contributed by atoms with van der Waals surface area (Å²) in [6.07, 6.45) is 0.217. The number of halogens is 1. The van der Waals surface area contributed by atoms with Gasteiger partial charge in [0, 0.05) is 50.4 Å². The van der Waals surface area contributed by atoms with Crippen LogP contribution in [0.25, 0.3) is 10.4 Å². The van der Waals surface area contributed by atoms with Gasteiger partial charge in [-0.25, -0.2) is 9.18 Å². The number of hydrogen-bond donors (Lipinski definition) is 0. The Morgan fingerprint density at radius 3 is 2.64 bits per heavy atom. The second-order valence-electron chi connectivity index (χ2n) is 7.88. The average molecular weight is 355 g/mol. The third-order valence-electron chi connectivity index (χ3n) is 4.48. The number of carbonyl (C=O) groups is 2. The number of rotatable bonds is 4. The van der Waals surface area contributed by atoms with E-state index in [-0.39, 0.29) is 50.8 Å². The molecule has 0 aromatic carbocycles. The molecule has 2 aliphatic rings. The van der Waals surface area contributed by atoms with Crippen molar-refractivity contribution in [2.45, 2.75) is 51.3 Å². The summed E-state index contributed by atoms with van der Waals surface area (Å²) in [5, 5.41) is 3.50. The lowest BCUT2D eigenvalue weighted by molar-refractivity contribution is -0.130. The van der Waals surface area contributed by atoms with Crippen molar-refractivity contribution in [3.63, 3.8) is 0 Å². The summed E-state index contributed by atoms with van der Waals surface area (Å²) >= 11 is 0. The van der Waals surface area contributed by atoms with E-state index < -0.39 is 17.4 Å². The zero-order valence-corrected chi connectivity index (χ0v) is 15.1. The van der Waals surface area contributed by atoms with Crippen LogP contribution < -0.4 is 0 Å². The molecule has 0 N–H and O–H groups in total. The minimum absolute atomic E-state index is 0.0285. The molecule has 0 radical (unpaired) electrons. The number of likely N-dealkylation sites (tertiary alicyclic amines) is 2. The summed E-state index contributed by atoms with van der Waals surface area (Å²) in [6, 6.07) is 0. The van der Waals surface area contributed by atoms with Gasteiger partial charge in [0.25, 0.3) is 0 Å². The van der Waals surface area contributed by atoms with E-state index in [1.54, 1.807) is 20.8 Å². The molecule has 1 unspecified atom stereocenters. The molecule has 0 spiro atoms. The first kappa shape index (κ1) is 19.3. The fourth-order valence-corrected chi connectivity index (χ4v) is 3.20. The first-order valence-corrected chi connectivity index (χ1v) is 8.57. The molecule has 2 heterocycles. The van der Waals surface area contributed by atoms with Crippen molar-refractivity contribution in [3.8, 4) is 0 Å². The van der Waals surface area contributed by atoms with Crippen molar-refractivity contribution >= 4 is 12.0 Å². The molecule has 2 amide bonds. The molecule has 2 saturated heterocycles. The highest BCUT2D eigenvalue weighted by atomic mass is 19.1. The third-order valence-corrected chi connectivity index (χ3v) is 4.48. The number of piperidine rings is 1. The number of azide groups is 1. The summed E-state index contributed by atoms with van der Waals surface area (Å²) < 4.78 is 20.4. The average Bonchev–Trinajstić information content (AvgIpc) is 2.83. The van der Waals surface area contributed by atoms with Crippen LogP contribution in [-0.4, -0.2) is 65.8 Å². The highest BCUT2D eigenvalue weighted by Gasteiger charge is 2.41. The zero-order valence-electron chi connectivity index (χ0n) is 15.1. The maximum Gasteiger partial charge on any atom is 0.410 e. The Labute approximate surface area is 146 Å². The maximum absolute atomic E-state index is 15.1. The molecule has 0 bridgehead atoms. The van der Waals surface area contributed by atoms with Crippen LogP contribution in [0.3, 0.4) is 0 Å². The summed E-state index contributed by atoms with van der Waals surface area (Å²) in [6.45, 7) is 6.62. The molecule has 140 valence electrons. The number of ether oxygens (including phenoxy) is 1. The van der Waals surface area contributed by atoms with Crippen molar-refractivity contribution in [1.29, 1.82) is 0 Å². The molecule has 2 aliphatic heterocycles. The van der Waals surface area contributed by atoms with Crippen LogP contribution in [0.2, 0.25) is 0 Å². The summed E-state index contributed by atoms with van der Waals surface area (Å²) in [5.41, 5.74) is 6.28. The van der Waals surface area contributed by atoms with E-state index in [0.717, 1.165) is 0 Å². The van der Waals surface area contributed by atoms with Gasteiger partial charge in [-0.1, -0.05) is 5.11 Å². The van der Waals surface area contributed by atoms with Gasteiger partial charge in [-0.05, 0) is 32.2 Å². The monoisotopic (exact) mass is 355 g/mol. The fourth-order valence-electron chi connectivity index (χ4n) is 3.20. The van der Waals surface area contributed by atoms with E-state index in [1.165, 1.54) is 9.80 Å². The lowest BCUT2D eigenvalue weighted by atomic mass is 9.93. The van der Waals surface area contributed by atoms with E-state index in [0.29, 0.717) is 13.0 Å². The van der Waals surface area contributed by atoms with Gasteiger partial charge in [-0.2, -0.15) is 0 Å². The van der Waals surface area contributed by atoms with Crippen molar-refractivity contribution < 1.29 is 18.7 Å².